The average Bonchev–Trinajstić information content (AvgIpc) is 2.79. The van der Waals surface area contributed by atoms with Gasteiger partial charge in [0.2, 0.25) is 0 Å². The van der Waals surface area contributed by atoms with E-state index < -0.39 is 0 Å². The number of hydrogen-bond donors (Lipinski definition) is 1. The molecular formula is C15H23NO. The van der Waals surface area contributed by atoms with Gasteiger partial charge in [-0.25, -0.2) is 0 Å². The monoisotopic (exact) mass is 233 g/mol. The number of ketones is 1. The van der Waals surface area contributed by atoms with Crippen molar-refractivity contribution < 1.29 is 4.79 Å². The quantitative estimate of drug-likeness (QED) is 0.793. The molecule has 4 saturated carbocycles. The van der Waals surface area contributed by atoms with Crippen LogP contribution in [0.1, 0.15) is 44.9 Å². The summed E-state index contributed by atoms with van der Waals surface area (Å²) >= 11 is 0. The number of hydrogen-bond acceptors (Lipinski definition) is 2. The maximum absolute atomic E-state index is 12.9. The highest BCUT2D eigenvalue weighted by atomic mass is 16.1. The number of carbonyl (C=O) groups is 1. The SMILES string of the molecule is O=C(C1CCNC1)C12CC3CC(CC(C3)C1)C2. The first-order valence-corrected chi connectivity index (χ1v) is 7.50. The van der Waals surface area contributed by atoms with Crippen molar-refractivity contribution in [2.24, 2.45) is 29.1 Å². The molecule has 2 heteroatoms. The molecule has 4 bridgehead atoms. The Morgan fingerprint density at radius 3 is 2.06 bits per heavy atom. The molecule has 2 nitrogen and oxygen atoms in total. The Bertz CT molecular complexity index is 308. The van der Waals surface area contributed by atoms with Gasteiger partial charge in [0.15, 0.2) is 0 Å². The molecule has 0 aromatic carbocycles. The summed E-state index contributed by atoms with van der Waals surface area (Å²) in [5.41, 5.74) is 0.144. The van der Waals surface area contributed by atoms with Crippen LogP contribution in [0.3, 0.4) is 0 Å². The minimum Gasteiger partial charge on any atom is -0.316 e. The van der Waals surface area contributed by atoms with E-state index in [0.717, 1.165) is 37.3 Å². The molecule has 1 unspecified atom stereocenters. The molecule has 0 spiro atoms. The predicted molar refractivity (Wildman–Crippen MR) is 66.6 cm³/mol. The van der Waals surface area contributed by atoms with Gasteiger partial charge in [0, 0.05) is 17.9 Å². The van der Waals surface area contributed by atoms with Crippen LogP contribution in [0.25, 0.3) is 0 Å². The van der Waals surface area contributed by atoms with Crippen molar-refractivity contribution in [2.45, 2.75) is 44.9 Å². The largest absolute Gasteiger partial charge is 0.316 e. The van der Waals surface area contributed by atoms with Gasteiger partial charge >= 0.3 is 0 Å². The second-order valence-electron chi connectivity index (χ2n) is 7.25. The molecule has 5 rings (SSSR count). The van der Waals surface area contributed by atoms with Crippen LogP contribution in [0.4, 0.5) is 0 Å². The second-order valence-corrected chi connectivity index (χ2v) is 7.25. The first-order valence-electron chi connectivity index (χ1n) is 7.50. The van der Waals surface area contributed by atoms with Crippen LogP contribution < -0.4 is 5.32 Å². The van der Waals surface area contributed by atoms with E-state index in [2.05, 4.69) is 5.32 Å². The molecule has 0 aromatic rings. The smallest absolute Gasteiger partial charge is 0.143 e. The summed E-state index contributed by atoms with van der Waals surface area (Å²) in [5, 5.41) is 3.36. The summed E-state index contributed by atoms with van der Waals surface area (Å²) in [7, 11) is 0. The normalized spacial score (nSPS) is 52.0. The van der Waals surface area contributed by atoms with E-state index in [-0.39, 0.29) is 5.41 Å². The van der Waals surface area contributed by atoms with Crippen LogP contribution in [-0.2, 0) is 4.79 Å². The first-order chi connectivity index (χ1) is 8.25. The van der Waals surface area contributed by atoms with E-state index in [1.54, 1.807) is 0 Å². The molecule has 0 aromatic heterocycles. The standard InChI is InChI=1S/C15H23NO/c17-14(13-1-2-16-9-13)15-6-10-3-11(7-15)5-12(4-10)8-15/h10-13,16H,1-9H2. The third kappa shape index (κ3) is 1.53. The lowest BCUT2D eigenvalue weighted by Crippen LogP contribution is -2.51. The summed E-state index contributed by atoms with van der Waals surface area (Å²) in [4.78, 5) is 12.9. The molecule has 1 heterocycles. The Morgan fingerprint density at radius 2 is 1.59 bits per heavy atom. The highest BCUT2D eigenvalue weighted by Gasteiger charge is 2.55. The minimum absolute atomic E-state index is 0.144. The summed E-state index contributed by atoms with van der Waals surface area (Å²) < 4.78 is 0. The summed E-state index contributed by atoms with van der Waals surface area (Å²) in [6, 6.07) is 0. The van der Waals surface area contributed by atoms with Crippen molar-refractivity contribution in [2.75, 3.05) is 13.1 Å². The van der Waals surface area contributed by atoms with Crippen molar-refractivity contribution in [3.63, 3.8) is 0 Å². The summed E-state index contributed by atoms with van der Waals surface area (Å²) in [6.45, 7) is 2.02. The minimum atomic E-state index is 0.144. The van der Waals surface area contributed by atoms with E-state index >= 15 is 0 Å². The number of Topliss-reactive ketones (excluding diaryl/α,β-unsaturated/α-hetero) is 1. The van der Waals surface area contributed by atoms with E-state index in [1.165, 1.54) is 38.5 Å². The van der Waals surface area contributed by atoms with Crippen LogP contribution in [0.15, 0.2) is 0 Å². The maximum atomic E-state index is 12.9. The molecule has 0 radical (unpaired) electrons. The lowest BCUT2D eigenvalue weighted by atomic mass is 9.47. The Kier molecular flexibility index (Phi) is 2.21. The molecule has 17 heavy (non-hydrogen) atoms. The van der Waals surface area contributed by atoms with Gasteiger partial charge in [-0.1, -0.05) is 0 Å². The van der Waals surface area contributed by atoms with Gasteiger partial charge in [-0.15, -0.1) is 0 Å². The Morgan fingerprint density at radius 1 is 1.00 bits per heavy atom. The average molecular weight is 233 g/mol. The summed E-state index contributed by atoms with van der Waals surface area (Å²) in [5.74, 6) is 3.71. The third-order valence-electron chi connectivity index (χ3n) is 5.99. The van der Waals surface area contributed by atoms with Crippen molar-refractivity contribution >= 4 is 5.78 Å². The molecule has 1 aliphatic heterocycles. The maximum Gasteiger partial charge on any atom is 0.143 e. The zero-order chi connectivity index (χ0) is 11.5. The van der Waals surface area contributed by atoms with E-state index in [4.69, 9.17) is 0 Å². The Balaban J connectivity index is 1.61. The fourth-order valence-corrected chi connectivity index (χ4v) is 5.72. The topological polar surface area (TPSA) is 29.1 Å². The van der Waals surface area contributed by atoms with E-state index in [9.17, 15) is 4.79 Å². The molecule has 1 atom stereocenters. The van der Waals surface area contributed by atoms with Gasteiger partial charge in [0.05, 0.1) is 0 Å². The van der Waals surface area contributed by atoms with E-state index in [1.807, 2.05) is 0 Å². The first kappa shape index (κ1) is 10.5. The van der Waals surface area contributed by atoms with Crippen molar-refractivity contribution in [3.8, 4) is 0 Å². The molecule has 5 aliphatic rings. The van der Waals surface area contributed by atoms with Gasteiger partial charge in [0.1, 0.15) is 5.78 Å². The molecule has 0 amide bonds. The van der Waals surface area contributed by atoms with Crippen molar-refractivity contribution in [3.05, 3.63) is 0 Å². The van der Waals surface area contributed by atoms with Gasteiger partial charge < -0.3 is 5.32 Å². The van der Waals surface area contributed by atoms with Crippen molar-refractivity contribution in [1.82, 2.24) is 5.32 Å². The fraction of sp³-hybridized carbons (Fsp3) is 0.933. The fourth-order valence-electron chi connectivity index (χ4n) is 5.72. The number of carbonyl (C=O) groups excluding carboxylic acids is 1. The molecule has 5 fully saturated rings. The predicted octanol–water partition coefficient (Wildman–Crippen LogP) is 2.38. The molecule has 94 valence electrons. The highest BCUT2D eigenvalue weighted by molar-refractivity contribution is 5.88. The zero-order valence-corrected chi connectivity index (χ0v) is 10.6. The van der Waals surface area contributed by atoms with Crippen molar-refractivity contribution in [1.29, 1.82) is 0 Å². The van der Waals surface area contributed by atoms with Crippen LogP contribution in [0.2, 0.25) is 0 Å². The number of rotatable bonds is 2. The lowest BCUT2D eigenvalue weighted by molar-refractivity contribution is -0.147. The third-order valence-corrected chi connectivity index (χ3v) is 5.99. The van der Waals surface area contributed by atoms with Crippen LogP contribution >= 0.6 is 0 Å². The van der Waals surface area contributed by atoms with Crippen LogP contribution in [-0.4, -0.2) is 18.9 Å². The van der Waals surface area contributed by atoms with Gasteiger partial charge in [-0.05, 0) is 69.2 Å². The van der Waals surface area contributed by atoms with Crippen LogP contribution in [0.5, 0.6) is 0 Å². The Labute approximate surface area is 104 Å². The second kappa shape index (κ2) is 3.57. The Hall–Kier alpha value is -0.370. The van der Waals surface area contributed by atoms with Gasteiger partial charge in [-0.3, -0.25) is 4.79 Å². The van der Waals surface area contributed by atoms with Gasteiger partial charge in [-0.2, -0.15) is 0 Å². The molecule has 4 aliphatic carbocycles. The molecule has 1 saturated heterocycles. The zero-order valence-electron chi connectivity index (χ0n) is 10.6. The van der Waals surface area contributed by atoms with Crippen LogP contribution in [0, 0.1) is 29.1 Å². The van der Waals surface area contributed by atoms with E-state index in [0.29, 0.717) is 11.7 Å². The molecule has 1 N–H and O–H groups in total. The summed E-state index contributed by atoms with van der Waals surface area (Å²) in [6.07, 6.45) is 9.15. The molecular weight excluding hydrogens is 210 g/mol. The number of nitrogens with one attached hydrogen (secondary N) is 1. The highest BCUT2D eigenvalue weighted by Crippen LogP contribution is 2.61. The lowest BCUT2D eigenvalue weighted by Gasteiger charge is -2.56. The van der Waals surface area contributed by atoms with Gasteiger partial charge in [0.25, 0.3) is 0 Å².